The van der Waals surface area contributed by atoms with E-state index in [9.17, 15) is 9.18 Å². The summed E-state index contributed by atoms with van der Waals surface area (Å²) < 4.78 is 19.0. The number of carbonyl (C=O) groups is 1. The molecule has 2 aliphatic rings. The smallest absolute Gasteiger partial charge is 0.410 e. The number of carbonyl (C=O) groups excluding carboxylic acids is 1. The number of nitrogen functional groups attached to an aromatic ring is 1. The summed E-state index contributed by atoms with van der Waals surface area (Å²) in [7, 11) is 0. The first-order valence-electron chi connectivity index (χ1n) is 10.1. The van der Waals surface area contributed by atoms with Gasteiger partial charge in [0.25, 0.3) is 0 Å². The summed E-state index contributed by atoms with van der Waals surface area (Å²) in [6, 6.07) is 4.70. The van der Waals surface area contributed by atoms with E-state index in [2.05, 4.69) is 17.1 Å². The van der Waals surface area contributed by atoms with Gasteiger partial charge in [-0.15, -0.1) is 0 Å². The molecule has 2 fully saturated rings. The highest BCUT2D eigenvalue weighted by atomic mass is 19.1. The number of nitrogens with zero attached hydrogens (tertiary/aromatic N) is 2. The molecule has 1 unspecified atom stereocenters. The number of anilines is 2. The number of likely N-dealkylation sites (tertiary alicyclic amines) is 2. The predicted molar refractivity (Wildman–Crippen MR) is 110 cm³/mol. The minimum Gasteiger partial charge on any atom is -0.444 e. The lowest BCUT2D eigenvalue weighted by molar-refractivity contribution is 0.0232. The van der Waals surface area contributed by atoms with Crippen molar-refractivity contribution in [3.8, 4) is 0 Å². The van der Waals surface area contributed by atoms with Gasteiger partial charge >= 0.3 is 6.09 Å². The Labute approximate surface area is 167 Å². The summed E-state index contributed by atoms with van der Waals surface area (Å²) >= 11 is 0. The van der Waals surface area contributed by atoms with Crippen molar-refractivity contribution in [1.29, 1.82) is 0 Å². The summed E-state index contributed by atoms with van der Waals surface area (Å²) in [5.41, 5.74) is 6.69. The van der Waals surface area contributed by atoms with Crippen LogP contribution in [0.4, 0.5) is 20.6 Å². The predicted octanol–water partition coefficient (Wildman–Crippen LogP) is 3.68. The van der Waals surface area contributed by atoms with Gasteiger partial charge < -0.3 is 20.7 Å². The standard InChI is InChI=1S/C21H33FN4O2/c1-20(2,3)28-19(27)25-12-9-21(4,14-25)26-10-7-16(8-11-26)24-18-13-15(22)5-6-17(18)23/h5-6,13,16,24H,7-12,14,23H2,1-4H3. The Balaban J connectivity index is 1.53. The Hall–Kier alpha value is -2.02. The fourth-order valence-corrected chi connectivity index (χ4v) is 4.12. The van der Waals surface area contributed by atoms with Crippen molar-refractivity contribution < 1.29 is 13.9 Å². The molecular formula is C21H33FN4O2. The Kier molecular flexibility index (Phi) is 5.75. The lowest BCUT2D eigenvalue weighted by atomic mass is 9.94. The molecule has 1 atom stereocenters. The molecular weight excluding hydrogens is 359 g/mol. The number of nitrogens with one attached hydrogen (secondary N) is 1. The molecule has 0 saturated carbocycles. The van der Waals surface area contributed by atoms with E-state index >= 15 is 0 Å². The van der Waals surface area contributed by atoms with E-state index < -0.39 is 5.60 Å². The van der Waals surface area contributed by atoms with Crippen LogP contribution in [0.3, 0.4) is 0 Å². The van der Waals surface area contributed by atoms with Crippen LogP contribution in [0.2, 0.25) is 0 Å². The Morgan fingerprint density at radius 3 is 2.61 bits per heavy atom. The second kappa shape index (κ2) is 7.78. The van der Waals surface area contributed by atoms with Crippen LogP contribution in [-0.2, 0) is 4.74 Å². The Morgan fingerprint density at radius 2 is 1.96 bits per heavy atom. The van der Waals surface area contributed by atoms with Gasteiger partial charge in [0.1, 0.15) is 11.4 Å². The molecule has 0 bridgehead atoms. The molecule has 0 radical (unpaired) electrons. The topological polar surface area (TPSA) is 70.8 Å². The lowest BCUT2D eigenvalue weighted by Gasteiger charge is -2.43. The molecule has 1 aromatic carbocycles. The van der Waals surface area contributed by atoms with Crippen LogP contribution in [0, 0.1) is 5.82 Å². The van der Waals surface area contributed by atoms with Crippen molar-refractivity contribution in [2.24, 2.45) is 0 Å². The third kappa shape index (κ3) is 4.87. The van der Waals surface area contributed by atoms with E-state index in [4.69, 9.17) is 10.5 Å². The van der Waals surface area contributed by atoms with Crippen molar-refractivity contribution in [2.75, 3.05) is 37.2 Å². The average molecular weight is 393 g/mol. The van der Waals surface area contributed by atoms with Crippen molar-refractivity contribution >= 4 is 17.5 Å². The molecule has 3 rings (SSSR count). The first kappa shape index (κ1) is 20.7. The monoisotopic (exact) mass is 392 g/mol. The third-order valence-corrected chi connectivity index (χ3v) is 5.74. The fourth-order valence-electron chi connectivity index (χ4n) is 4.12. The van der Waals surface area contributed by atoms with Gasteiger partial charge in [0.15, 0.2) is 0 Å². The van der Waals surface area contributed by atoms with Crippen LogP contribution < -0.4 is 11.1 Å². The van der Waals surface area contributed by atoms with Crippen LogP contribution in [-0.4, -0.2) is 59.3 Å². The number of halogens is 1. The van der Waals surface area contributed by atoms with Gasteiger partial charge in [-0.05, 0) is 65.2 Å². The maximum atomic E-state index is 13.5. The molecule has 6 nitrogen and oxygen atoms in total. The number of hydrogen-bond donors (Lipinski definition) is 2. The zero-order chi connectivity index (χ0) is 20.5. The number of benzene rings is 1. The van der Waals surface area contributed by atoms with Gasteiger partial charge in [0.2, 0.25) is 0 Å². The first-order chi connectivity index (χ1) is 13.1. The minimum atomic E-state index is -0.473. The fraction of sp³-hybridized carbons (Fsp3) is 0.667. The summed E-state index contributed by atoms with van der Waals surface area (Å²) in [5.74, 6) is -0.283. The second-order valence-electron chi connectivity index (χ2n) is 9.29. The zero-order valence-corrected chi connectivity index (χ0v) is 17.4. The van der Waals surface area contributed by atoms with Gasteiger partial charge in [-0.3, -0.25) is 4.90 Å². The molecule has 0 aromatic heterocycles. The van der Waals surface area contributed by atoms with Gasteiger partial charge in [-0.1, -0.05) is 0 Å². The van der Waals surface area contributed by atoms with E-state index in [1.54, 1.807) is 6.07 Å². The van der Waals surface area contributed by atoms with E-state index in [0.717, 1.165) is 38.9 Å². The summed E-state index contributed by atoms with van der Waals surface area (Å²) in [5, 5.41) is 3.39. The van der Waals surface area contributed by atoms with Crippen molar-refractivity contribution in [1.82, 2.24) is 9.80 Å². The molecule has 28 heavy (non-hydrogen) atoms. The number of rotatable bonds is 3. The maximum Gasteiger partial charge on any atom is 0.410 e. The van der Waals surface area contributed by atoms with Gasteiger partial charge in [-0.25, -0.2) is 9.18 Å². The first-order valence-corrected chi connectivity index (χ1v) is 10.1. The average Bonchev–Trinajstić information content (AvgIpc) is 3.01. The number of hydrogen-bond acceptors (Lipinski definition) is 5. The Bertz CT molecular complexity index is 713. The molecule has 0 aliphatic carbocycles. The summed E-state index contributed by atoms with van der Waals surface area (Å²) in [6.45, 7) is 11.2. The highest BCUT2D eigenvalue weighted by molar-refractivity contribution is 5.69. The van der Waals surface area contributed by atoms with Gasteiger partial charge in [-0.2, -0.15) is 0 Å². The second-order valence-corrected chi connectivity index (χ2v) is 9.29. The summed E-state index contributed by atoms with van der Waals surface area (Å²) in [4.78, 5) is 16.7. The van der Waals surface area contributed by atoms with Crippen molar-refractivity contribution in [3.05, 3.63) is 24.0 Å². The molecule has 156 valence electrons. The SMILES string of the molecule is CC(C)(C)OC(=O)N1CCC(C)(N2CCC(Nc3cc(F)ccc3N)CC2)C1. The molecule has 1 aromatic rings. The van der Waals surface area contributed by atoms with Crippen LogP contribution in [0.1, 0.15) is 47.0 Å². The van der Waals surface area contributed by atoms with E-state index in [-0.39, 0.29) is 23.5 Å². The molecule has 1 amide bonds. The molecule has 3 N–H and O–H groups in total. The summed E-state index contributed by atoms with van der Waals surface area (Å²) in [6.07, 6.45) is 2.63. The number of amides is 1. The molecule has 7 heteroatoms. The van der Waals surface area contributed by atoms with Crippen LogP contribution in [0.15, 0.2) is 18.2 Å². The zero-order valence-electron chi connectivity index (χ0n) is 17.4. The third-order valence-electron chi connectivity index (χ3n) is 5.74. The van der Waals surface area contributed by atoms with Crippen molar-refractivity contribution in [2.45, 2.75) is 64.1 Å². The minimum absolute atomic E-state index is 0.0280. The largest absolute Gasteiger partial charge is 0.444 e. The van der Waals surface area contributed by atoms with Crippen molar-refractivity contribution in [3.63, 3.8) is 0 Å². The van der Waals surface area contributed by atoms with E-state index in [1.807, 2.05) is 25.7 Å². The lowest BCUT2D eigenvalue weighted by Crippen LogP contribution is -2.53. The van der Waals surface area contributed by atoms with Crippen LogP contribution in [0.25, 0.3) is 0 Å². The van der Waals surface area contributed by atoms with Crippen LogP contribution in [0.5, 0.6) is 0 Å². The van der Waals surface area contributed by atoms with E-state index in [0.29, 0.717) is 17.9 Å². The normalized spacial score (nSPS) is 24.4. The highest BCUT2D eigenvalue weighted by Gasteiger charge is 2.42. The quantitative estimate of drug-likeness (QED) is 0.768. The highest BCUT2D eigenvalue weighted by Crippen LogP contribution is 2.32. The maximum absolute atomic E-state index is 13.5. The molecule has 2 heterocycles. The Morgan fingerprint density at radius 1 is 1.29 bits per heavy atom. The molecule has 2 aliphatic heterocycles. The van der Waals surface area contributed by atoms with Gasteiger partial charge in [0, 0.05) is 37.8 Å². The molecule has 0 spiro atoms. The number of nitrogens with two attached hydrogens (primary N) is 1. The van der Waals surface area contributed by atoms with Crippen LogP contribution >= 0.6 is 0 Å². The number of ether oxygens (including phenoxy) is 1. The van der Waals surface area contributed by atoms with E-state index in [1.165, 1.54) is 12.1 Å². The molecule has 2 saturated heterocycles. The number of piperidine rings is 1. The van der Waals surface area contributed by atoms with Gasteiger partial charge in [0.05, 0.1) is 11.4 Å².